The SMILES string of the molecule is O=C(Nc1ccccc1Cc1ccccc1)[C@@H]1CC(=O)N(C2CCCC2)C1. The van der Waals surface area contributed by atoms with Crippen LogP contribution in [0.1, 0.15) is 43.2 Å². The highest BCUT2D eigenvalue weighted by atomic mass is 16.2. The van der Waals surface area contributed by atoms with E-state index in [0.29, 0.717) is 19.0 Å². The van der Waals surface area contributed by atoms with Crippen molar-refractivity contribution in [1.82, 2.24) is 4.90 Å². The van der Waals surface area contributed by atoms with Crippen LogP contribution in [0.25, 0.3) is 0 Å². The van der Waals surface area contributed by atoms with Crippen LogP contribution in [0.3, 0.4) is 0 Å². The summed E-state index contributed by atoms with van der Waals surface area (Å²) in [6, 6.07) is 18.5. The lowest BCUT2D eigenvalue weighted by molar-refractivity contribution is -0.129. The zero-order chi connectivity index (χ0) is 18.6. The van der Waals surface area contributed by atoms with Gasteiger partial charge in [-0.25, -0.2) is 0 Å². The molecule has 2 aliphatic rings. The van der Waals surface area contributed by atoms with Crippen molar-refractivity contribution in [3.63, 3.8) is 0 Å². The zero-order valence-corrected chi connectivity index (χ0v) is 15.6. The summed E-state index contributed by atoms with van der Waals surface area (Å²) in [7, 11) is 0. The van der Waals surface area contributed by atoms with Crippen LogP contribution in [-0.2, 0) is 16.0 Å². The molecular formula is C23H26N2O2. The summed E-state index contributed by atoms with van der Waals surface area (Å²) in [4.78, 5) is 27.2. The van der Waals surface area contributed by atoms with Crippen LogP contribution < -0.4 is 5.32 Å². The van der Waals surface area contributed by atoms with Crippen molar-refractivity contribution in [2.75, 3.05) is 11.9 Å². The fourth-order valence-electron chi connectivity index (χ4n) is 4.32. The van der Waals surface area contributed by atoms with Crippen molar-refractivity contribution in [2.45, 2.75) is 44.6 Å². The summed E-state index contributed by atoms with van der Waals surface area (Å²) < 4.78 is 0. The highest BCUT2D eigenvalue weighted by Gasteiger charge is 2.38. The Morgan fingerprint density at radius 3 is 2.48 bits per heavy atom. The van der Waals surface area contributed by atoms with Gasteiger partial charge >= 0.3 is 0 Å². The predicted octanol–water partition coefficient (Wildman–Crippen LogP) is 4.01. The molecule has 2 fully saturated rings. The standard InChI is InChI=1S/C23H26N2O2/c26-22-15-19(16-25(22)20-11-5-6-12-20)23(27)24-21-13-7-4-10-18(21)14-17-8-2-1-3-9-17/h1-4,7-10,13,19-20H,5-6,11-12,14-16H2,(H,24,27)/t19-/m1/s1. The van der Waals surface area contributed by atoms with Gasteiger partial charge in [0.05, 0.1) is 5.92 Å². The van der Waals surface area contributed by atoms with E-state index in [1.54, 1.807) is 0 Å². The molecule has 0 bridgehead atoms. The Balaban J connectivity index is 1.43. The van der Waals surface area contributed by atoms with Crippen molar-refractivity contribution in [3.05, 3.63) is 65.7 Å². The Bertz CT molecular complexity index is 812. The maximum Gasteiger partial charge on any atom is 0.229 e. The molecular weight excluding hydrogens is 336 g/mol. The number of rotatable bonds is 5. The minimum absolute atomic E-state index is 0.0376. The number of hydrogen-bond donors (Lipinski definition) is 1. The van der Waals surface area contributed by atoms with Crippen LogP contribution in [0.5, 0.6) is 0 Å². The molecule has 0 aromatic heterocycles. The van der Waals surface area contributed by atoms with E-state index in [4.69, 9.17) is 0 Å². The number of hydrogen-bond acceptors (Lipinski definition) is 2. The molecule has 4 heteroatoms. The first-order valence-electron chi connectivity index (χ1n) is 9.93. The van der Waals surface area contributed by atoms with Crippen molar-refractivity contribution in [3.8, 4) is 0 Å². The van der Waals surface area contributed by atoms with Crippen LogP contribution in [0.15, 0.2) is 54.6 Å². The van der Waals surface area contributed by atoms with Gasteiger partial charge in [-0.05, 0) is 36.5 Å². The van der Waals surface area contributed by atoms with E-state index in [1.807, 2.05) is 47.4 Å². The number of benzene rings is 2. The third-order valence-electron chi connectivity index (χ3n) is 5.81. The van der Waals surface area contributed by atoms with Gasteiger partial charge in [0.2, 0.25) is 11.8 Å². The number of nitrogens with zero attached hydrogens (tertiary/aromatic N) is 1. The molecule has 2 amide bonds. The molecule has 0 spiro atoms. The Morgan fingerprint density at radius 2 is 1.70 bits per heavy atom. The Morgan fingerprint density at radius 1 is 1.00 bits per heavy atom. The van der Waals surface area contributed by atoms with Crippen LogP contribution >= 0.6 is 0 Å². The fraction of sp³-hybridized carbons (Fsp3) is 0.391. The molecule has 27 heavy (non-hydrogen) atoms. The first-order chi connectivity index (χ1) is 13.2. The topological polar surface area (TPSA) is 49.4 Å². The number of likely N-dealkylation sites (tertiary alicyclic amines) is 1. The predicted molar refractivity (Wildman–Crippen MR) is 106 cm³/mol. The average Bonchev–Trinajstić information content (AvgIpc) is 3.33. The third kappa shape index (κ3) is 4.05. The first-order valence-corrected chi connectivity index (χ1v) is 9.93. The van der Waals surface area contributed by atoms with Crippen LogP contribution in [0.2, 0.25) is 0 Å². The van der Waals surface area contributed by atoms with Gasteiger partial charge in [0.1, 0.15) is 0 Å². The van der Waals surface area contributed by atoms with Gasteiger partial charge in [0.25, 0.3) is 0 Å². The lowest BCUT2D eigenvalue weighted by atomic mass is 10.0. The summed E-state index contributed by atoms with van der Waals surface area (Å²) in [6.45, 7) is 0.566. The smallest absolute Gasteiger partial charge is 0.229 e. The third-order valence-corrected chi connectivity index (χ3v) is 5.81. The quantitative estimate of drug-likeness (QED) is 0.874. The van der Waals surface area contributed by atoms with E-state index in [-0.39, 0.29) is 17.7 Å². The molecule has 4 rings (SSSR count). The summed E-state index contributed by atoms with van der Waals surface area (Å²) >= 11 is 0. The molecule has 1 saturated heterocycles. The van der Waals surface area contributed by atoms with Gasteiger partial charge in [-0.15, -0.1) is 0 Å². The van der Waals surface area contributed by atoms with Crippen LogP contribution in [0, 0.1) is 5.92 Å². The Labute approximate surface area is 160 Å². The fourth-order valence-corrected chi connectivity index (χ4v) is 4.32. The molecule has 1 N–H and O–H groups in total. The molecule has 0 radical (unpaired) electrons. The monoisotopic (exact) mass is 362 g/mol. The second-order valence-corrected chi connectivity index (χ2v) is 7.69. The van der Waals surface area contributed by atoms with Crippen molar-refractivity contribution >= 4 is 17.5 Å². The number of carbonyl (C=O) groups excluding carboxylic acids is 2. The second-order valence-electron chi connectivity index (χ2n) is 7.69. The minimum Gasteiger partial charge on any atom is -0.339 e. The van der Waals surface area contributed by atoms with E-state index in [1.165, 1.54) is 18.4 Å². The number of anilines is 1. The number of para-hydroxylation sites is 1. The molecule has 1 saturated carbocycles. The van der Waals surface area contributed by atoms with Crippen molar-refractivity contribution in [2.24, 2.45) is 5.92 Å². The van der Waals surface area contributed by atoms with Gasteiger partial charge in [-0.1, -0.05) is 61.4 Å². The molecule has 2 aromatic carbocycles. The zero-order valence-electron chi connectivity index (χ0n) is 15.6. The van der Waals surface area contributed by atoms with E-state index < -0.39 is 0 Å². The number of nitrogens with one attached hydrogen (secondary N) is 1. The number of carbonyl (C=O) groups is 2. The highest BCUT2D eigenvalue weighted by molar-refractivity contribution is 5.97. The maximum atomic E-state index is 12.8. The van der Waals surface area contributed by atoms with Crippen LogP contribution in [0.4, 0.5) is 5.69 Å². The van der Waals surface area contributed by atoms with Gasteiger partial charge in [-0.3, -0.25) is 9.59 Å². The van der Waals surface area contributed by atoms with Gasteiger partial charge in [-0.2, -0.15) is 0 Å². The number of amides is 2. The van der Waals surface area contributed by atoms with Gasteiger partial charge < -0.3 is 10.2 Å². The van der Waals surface area contributed by atoms with E-state index >= 15 is 0 Å². The van der Waals surface area contributed by atoms with Crippen molar-refractivity contribution in [1.29, 1.82) is 0 Å². The molecule has 1 aliphatic carbocycles. The molecule has 1 atom stereocenters. The van der Waals surface area contributed by atoms with Gasteiger partial charge in [0, 0.05) is 24.7 Å². The Kier molecular flexibility index (Phi) is 5.23. The molecule has 1 aliphatic heterocycles. The van der Waals surface area contributed by atoms with Crippen molar-refractivity contribution < 1.29 is 9.59 Å². The molecule has 2 aromatic rings. The molecule has 0 unspecified atom stereocenters. The summed E-state index contributed by atoms with van der Waals surface area (Å²) in [5.74, 6) is -0.146. The first kappa shape index (κ1) is 17.8. The molecule has 140 valence electrons. The average molecular weight is 362 g/mol. The second kappa shape index (κ2) is 7.95. The van der Waals surface area contributed by atoms with E-state index in [9.17, 15) is 9.59 Å². The normalized spacial score (nSPS) is 20.2. The highest BCUT2D eigenvalue weighted by Crippen LogP contribution is 2.30. The lowest BCUT2D eigenvalue weighted by Gasteiger charge is -2.24. The minimum atomic E-state index is -0.247. The Hall–Kier alpha value is -2.62. The molecule has 4 nitrogen and oxygen atoms in total. The summed E-state index contributed by atoms with van der Waals surface area (Å²) in [5.41, 5.74) is 3.15. The maximum absolute atomic E-state index is 12.8. The van der Waals surface area contributed by atoms with Crippen LogP contribution in [-0.4, -0.2) is 29.3 Å². The summed E-state index contributed by atoms with van der Waals surface area (Å²) in [5, 5.41) is 3.09. The van der Waals surface area contributed by atoms with E-state index in [0.717, 1.165) is 30.5 Å². The lowest BCUT2D eigenvalue weighted by Crippen LogP contribution is -2.35. The molecule has 1 heterocycles. The van der Waals surface area contributed by atoms with Gasteiger partial charge in [0.15, 0.2) is 0 Å². The van der Waals surface area contributed by atoms with E-state index in [2.05, 4.69) is 17.4 Å². The largest absolute Gasteiger partial charge is 0.339 e. The summed E-state index contributed by atoms with van der Waals surface area (Å²) in [6.07, 6.45) is 5.66.